The highest BCUT2D eigenvalue weighted by Crippen LogP contribution is 2.21. The van der Waals surface area contributed by atoms with Gasteiger partial charge in [-0.25, -0.2) is 0 Å². The van der Waals surface area contributed by atoms with Crippen molar-refractivity contribution in [2.75, 3.05) is 18.4 Å². The number of halogens is 1. The summed E-state index contributed by atoms with van der Waals surface area (Å²) in [4.78, 5) is 24.2. The number of carbonyl (C=O) groups excluding carboxylic acids is 2. The molecule has 0 saturated carbocycles. The van der Waals surface area contributed by atoms with Gasteiger partial charge in [0.25, 0.3) is 5.91 Å². The highest BCUT2D eigenvalue weighted by Gasteiger charge is 2.29. The molecule has 7 heteroatoms. The van der Waals surface area contributed by atoms with Crippen molar-refractivity contribution < 1.29 is 9.59 Å². The van der Waals surface area contributed by atoms with Gasteiger partial charge >= 0.3 is 0 Å². The van der Waals surface area contributed by atoms with Crippen LogP contribution in [0.25, 0.3) is 0 Å². The Morgan fingerprint density at radius 1 is 1.38 bits per heavy atom. The van der Waals surface area contributed by atoms with Gasteiger partial charge in [0.05, 0.1) is 18.2 Å². The third-order valence-electron chi connectivity index (χ3n) is 3.79. The Hall–Kier alpha value is -2.26. The minimum absolute atomic E-state index is 0.0384. The molecule has 1 unspecified atom stereocenters. The summed E-state index contributed by atoms with van der Waals surface area (Å²) in [5.74, 6) is -0.626. The van der Waals surface area contributed by atoms with Crippen LogP contribution in [0.2, 0.25) is 5.02 Å². The number of nitrogens with one attached hydrogen (secondary N) is 3. The number of amides is 2. The molecular weight excluding hydrogens is 328 g/mol. The van der Waals surface area contributed by atoms with Gasteiger partial charge in [-0.15, -0.1) is 0 Å². The standard InChI is InChI=1S/C17H23ClN4O2/c1-5-20-16(24)13-7-6-12(18)8-14(13)21-9-15(23)22-17(4,10-19)11(2)3/h6-8,11,21H,5,9H2,1-4H3,(H,20,24)(H,22,23). The maximum Gasteiger partial charge on any atom is 0.253 e. The molecule has 0 radical (unpaired) electrons. The smallest absolute Gasteiger partial charge is 0.253 e. The van der Waals surface area contributed by atoms with Crippen LogP contribution in [0, 0.1) is 17.2 Å². The largest absolute Gasteiger partial charge is 0.375 e. The number of rotatable bonds is 7. The molecule has 2 amide bonds. The van der Waals surface area contributed by atoms with Gasteiger partial charge in [0.15, 0.2) is 0 Å². The number of benzene rings is 1. The van der Waals surface area contributed by atoms with Crippen molar-refractivity contribution in [3.8, 4) is 6.07 Å². The first-order chi connectivity index (χ1) is 11.2. The summed E-state index contributed by atoms with van der Waals surface area (Å²) in [6.45, 7) is 7.65. The van der Waals surface area contributed by atoms with E-state index in [0.29, 0.717) is 22.8 Å². The number of carbonyl (C=O) groups is 2. The van der Waals surface area contributed by atoms with Crippen LogP contribution in [0.15, 0.2) is 18.2 Å². The Balaban J connectivity index is 2.84. The molecule has 0 saturated heterocycles. The summed E-state index contributed by atoms with van der Waals surface area (Å²) in [6.07, 6.45) is 0. The first-order valence-electron chi connectivity index (χ1n) is 7.77. The lowest BCUT2D eigenvalue weighted by atomic mass is 9.90. The quantitative estimate of drug-likeness (QED) is 0.704. The molecule has 1 aromatic rings. The van der Waals surface area contributed by atoms with Crippen molar-refractivity contribution in [3.63, 3.8) is 0 Å². The van der Waals surface area contributed by atoms with E-state index >= 15 is 0 Å². The van der Waals surface area contributed by atoms with E-state index in [2.05, 4.69) is 22.0 Å². The first-order valence-corrected chi connectivity index (χ1v) is 8.15. The van der Waals surface area contributed by atoms with E-state index < -0.39 is 5.54 Å². The highest BCUT2D eigenvalue weighted by molar-refractivity contribution is 6.31. The normalized spacial score (nSPS) is 12.9. The molecule has 1 atom stereocenters. The van der Waals surface area contributed by atoms with Crippen LogP contribution in [0.5, 0.6) is 0 Å². The molecule has 1 rings (SSSR count). The average Bonchev–Trinajstić information content (AvgIpc) is 2.52. The zero-order chi connectivity index (χ0) is 18.3. The second kappa shape index (κ2) is 8.55. The van der Waals surface area contributed by atoms with E-state index in [1.54, 1.807) is 25.1 Å². The van der Waals surface area contributed by atoms with Gasteiger partial charge in [-0.3, -0.25) is 9.59 Å². The lowest BCUT2D eigenvalue weighted by Crippen LogP contribution is -2.50. The van der Waals surface area contributed by atoms with Gasteiger partial charge in [-0.2, -0.15) is 5.26 Å². The summed E-state index contributed by atoms with van der Waals surface area (Å²) in [5, 5.41) is 18.0. The average molecular weight is 351 g/mol. The highest BCUT2D eigenvalue weighted by atomic mass is 35.5. The zero-order valence-corrected chi connectivity index (χ0v) is 15.1. The number of anilines is 1. The number of hydrogen-bond donors (Lipinski definition) is 3. The van der Waals surface area contributed by atoms with Crippen molar-refractivity contribution in [2.24, 2.45) is 5.92 Å². The van der Waals surface area contributed by atoms with E-state index in [1.165, 1.54) is 0 Å². The maximum absolute atomic E-state index is 12.1. The van der Waals surface area contributed by atoms with Crippen LogP contribution >= 0.6 is 11.6 Å². The lowest BCUT2D eigenvalue weighted by molar-refractivity contribution is -0.121. The predicted molar refractivity (Wildman–Crippen MR) is 94.9 cm³/mol. The van der Waals surface area contributed by atoms with Crippen LogP contribution in [0.1, 0.15) is 38.1 Å². The lowest BCUT2D eigenvalue weighted by Gasteiger charge is -2.27. The molecule has 3 N–H and O–H groups in total. The number of nitrogens with zero attached hydrogens (tertiary/aromatic N) is 1. The Bertz CT molecular complexity index is 654. The van der Waals surface area contributed by atoms with Gasteiger partial charge in [-0.05, 0) is 38.0 Å². The van der Waals surface area contributed by atoms with Crippen molar-refractivity contribution >= 4 is 29.1 Å². The summed E-state index contributed by atoms with van der Waals surface area (Å²) in [5.41, 5.74) is -0.0806. The van der Waals surface area contributed by atoms with Crippen molar-refractivity contribution in [3.05, 3.63) is 28.8 Å². The van der Waals surface area contributed by atoms with Crippen LogP contribution in [0.3, 0.4) is 0 Å². The van der Waals surface area contributed by atoms with E-state index in [0.717, 1.165) is 0 Å². The van der Waals surface area contributed by atoms with Gasteiger partial charge in [0.2, 0.25) is 5.91 Å². The third-order valence-corrected chi connectivity index (χ3v) is 4.02. The fourth-order valence-electron chi connectivity index (χ4n) is 1.93. The fraction of sp³-hybridized carbons (Fsp3) is 0.471. The minimum atomic E-state index is -0.949. The maximum atomic E-state index is 12.1. The SMILES string of the molecule is CCNC(=O)c1ccc(Cl)cc1NCC(=O)NC(C)(C#N)C(C)C. The van der Waals surface area contributed by atoms with Gasteiger partial charge in [0.1, 0.15) is 5.54 Å². The van der Waals surface area contributed by atoms with Crippen LogP contribution in [-0.4, -0.2) is 30.4 Å². The van der Waals surface area contributed by atoms with Crippen molar-refractivity contribution in [2.45, 2.75) is 33.2 Å². The van der Waals surface area contributed by atoms with Crippen molar-refractivity contribution in [1.82, 2.24) is 10.6 Å². The molecule has 0 bridgehead atoms. The summed E-state index contributed by atoms with van der Waals surface area (Å²) in [7, 11) is 0. The van der Waals surface area contributed by atoms with E-state index in [9.17, 15) is 14.9 Å². The molecule has 0 aliphatic rings. The second-order valence-electron chi connectivity index (χ2n) is 5.92. The minimum Gasteiger partial charge on any atom is -0.375 e. The number of nitriles is 1. The first kappa shape index (κ1) is 19.8. The van der Waals surface area contributed by atoms with E-state index in [1.807, 2.05) is 20.8 Å². The third kappa shape index (κ3) is 5.14. The molecule has 6 nitrogen and oxygen atoms in total. The monoisotopic (exact) mass is 350 g/mol. The predicted octanol–water partition coefficient (Wildman–Crippen LogP) is 2.56. The summed E-state index contributed by atoms with van der Waals surface area (Å²) < 4.78 is 0. The molecule has 0 fully saturated rings. The van der Waals surface area contributed by atoms with Crippen molar-refractivity contribution in [1.29, 1.82) is 5.26 Å². The molecule has 0 aliphatic carbocycles. The molecule has 0 spiro atoms. The summed E-state index contributed by atoms with van der Waals surface area (Å²) >= 11 is 5.97. The summed E-state index contributed by atoms with van der Waals surface area (Å²) in [6, 6.07) is 6.92. The molecule has 1 aromatic carbocycles. The topological polar surface area (TPSA) is 94.0 Å². The van der Waals surface area contributed by atoms with E-state index in [4.69, 9.17) is 11.6 Å². The molecule has 24 heavy (non-hydrogen) atoms. The van der Waals surface area contributed by atoms with Gasteiger partial charge in [0, 0.05) is 17.3 Å². The zero-order valence-electron chi connectivity index (χ0n) is 14.4. The van der Waals surface area contributed by atoms with Crippen LogP contribution in [-0.2, 0) is 4.79 Å². The molecule has 0 aliphatic heterocycles. The fourth-order valence-corrected chi connectivity index (χ4v) is 2.10. The van der Waals surface area contributed by atoms with Gasteiger partial charge < -0.3 is 16.0 Å². The molecular formula is C17H23ClN4O2. The second-order valence-corrected chi connectivity index (χ2v) is 6.36. The Morgan fingerprint density at radius 2 is 2.04 bits per heavy atom. The molecule has 0 heterocycles. The van der Waals surface area contributed by atoms with Crippen LogP contribution < -0.4 is 16.0 Å². The Morgan fingerprint density at radius 3 is 2.58 bits per heavy atom. The Kier molecular flexibility index (Phi) is 7.05. The van der Waals surface area contributed by atoms with E-state index in [-0.39, 0.29) is 24.3 Å². The van der Waals surface area contributed by atoms with Crippen LogP contribution in [0.4, 0.5) is 5.69 Å². The molecule has 130 valence electrons. The Labute approximate surface area is 147 Å². The number of hydrogen-bond acceptors (Lipinski definition) is 4. The molecule has 0 aromatic heterocycles. The van der Waals surface area contributed by atoms with Gasteiger partial charge in [-0.1, -0.05) is 25.4 Å².